The van der Waals surface area contributed by atoms with Crippen LogP contribution in [0.4, 0.5) is 5.69 Å². The Balaban J connectivity index is 1.62. The van der Waals surface area contributed by atoms with Gasteiger partial charge in [-0.05, 0) is 26.0 Å². The number of hydrogen-bond acceptors (Lipinski definition) is 6. The van der Waals surface area contributed by atoms with Crippen molar-refractivity contribution in [3.8, 4) is 11.5 Å². The molecule has 24 heavy (non-hydrogen) atoms. The number of nitrogens with one attached hydrogen (secondary N) is 1. The zero-order chi connectivity index (χ0) is 17.1. The summed E-state index contributed by atoms with van der Waals surface area (Å²) in [6, 6.07) is 6.87. The maximum atomic E-state index is 12.3. The van der Waals surface area contributed by atoms with Crippen molar-refractivity contribution in [3.05, 3.63) is 35.7 Å². The molecular weight excluding hydrogens is 332 g/mol. The van der Waals surface area contributed by atoms with Gasteiger partial charge in [0.15, 0.2) is 11.5 Å². The minimum atomic E-state index is -1.40. The fraction of sp³-hybridized carbons (Fsp3) is 0.375. The zero-order valence-electron chi connectivity index (χ0n) is 13.4. The summed E-state index contributed by atoms with van der Waals surface area (Å²) in [5.74, 6) is 1.73. The van der Waals surface area contributed by atoms with Crippen LogP contribution in [0.15, 0.2) is 28.8 Å². The van der Waals surface area contributed by atoms with Gasteiger partial charge in [-0.3, -0.25) is 9.00 Å². The van der Waals surface area contributed by atoms with Crippen molar-refractivity contribution in [3.63, 3.8) is 0 Å². The van der Waals surface area contributed by atoms with Gasteiger partial charge in [-0.2, -0.15) is 0 Å². The Bertz CT molecular complexity index is 774. The summed E-state index contributed by atoms with van der Waals surface area (Å²) in [4.78, 5) is 12.3. The normalized spacial score (nSPS) is 15.6. The van der Waals surface area contributed by atoms with Crippen LogP contribution in [0, 0.1) is 6.92 Å². The number of benzene rings is 1. The second kappa shape index (κ2) is 7.04. The average molecular weight is 350 g/mol. The molecule has 7 nitrogen and oxygen atoms in total. The Morgan fingerprint density at radius 1 is 1.29 bits per heavy atom. The third-order valence-corrected chi connectivity index (χ3v) is 5.12. The number of carbonyl (C=O) groups is 1. The SMILES string of the molecule is Cc1cc(C[S@@](=O)[C@@H](C)C(=O)Nc2ccc3c(c2)OCCO3)no1. The van der Waals surface area contributed by atoms with E-state index in [0.29, 0.717) is 41.9 Å². The Hall–Kier alpha value is -2.35. The number of hydrogen-bond donors (Lipinski definition) is 1. The van der Waals surface area contributed by atoms with E-state index in [1.54, 1.807) is 38.1 Å². The molecule has 0 aliphatic carbocycles. The van der Waals surface area contributed by atoms with Crippen molar-refractivity contribution in [2.45, 2.75) is 24.9 Å². The summed E-state index contributed by atoms with van der Waals surface area (Å²) in [5, 5.41) is 5.87. The van der Waals surface area contributed by atoms with Gasteiger partial charge in [0.1, 0.15) is 24.2 Å². The fourth-order valence-corrected chi connectivity index (χ4v) is 3.22. The van der Waals surface area contributed by atoms with Crippen LogP contribution in [0.5, 0.6) is 11.5 Å². The highest BCUT2D eigenvalue weighted by Crippen LogP contribution is 2.32. The second-order valence-electron chi connectivity index (χ2n) is 5.44. The lowest BCUT2D eigenvalue weighted by atomic mass is 10.2. The second-order valence-corrected chi connectivity index (χ2v) is 7.20. The van der Waals surface area contributed by atoms with Crippen LogP contribution in [-0.2, 0) is 21.3 Å². The van der Waals surface area contributed by atoms with E-state index >= 15 is 0 Å². The van der Waals surface area contributed by atoms with E-state index in [1.165, 1.54) is 0 Å². The molecule has 0 radical (unpaired) electrons. The van der Waals surface area contributed by atoms with Crippen molar-refractivity contribution in [1.82, 2.24) is 5.16 Å². The first-order valence-electron chi connectivity index (χ1n) is 7.53. The lowest BCUT2D eigenvalue weighted by molar-refractivity contribution is -0.115. The third-order valence-electron chi connectivity index (χ3n) is 3.54. The lowest BCUT2D eigenvalue weighted by Crippen LogP contribution is -2.29. The first-order chi connectivity index (χ1) is 11.5. The minimum Gasteiger partial charge on any atom is -0.486 e. The van der Waals surface area contributed by atoms with Crippen LogP contribution in [0.1, 0.15) is 18.4 Å². The Morgan fingerprint density at radius 2 is 2.04 bits per heavy atom. The van der Waals surface area contributed by atoms with E-state index in [9.17, 15) is 9.00 Å². The van der Waals surface area contributed by atoms with E-state index in [1.807, 2.05) is 0 Å². The number of amides is 1. The van der Waals surface area contributed by atoms with Crippen molar-refractivity contribution in [2.24, 2.45) is 0 Å². The molecule has 1 aromatic carbocycles. The van der Waals surface area contributed by atoms with Gasteiger partial charge in [-0.25, -0.2) is 0 Å². The molecule has 0 bridgehead atoms. The number of aryl methyl sites for hydroxylation is 1. The van der Waals surface area contributed by atoms with Crippen molar-refractivity contribution in [1.29, 1.82) is 0 Å². The molecule has 3 rings (SSSR count). The maximum absolute atomic E-state index is 12.3. The van der Waals surface area contributed by atoms with E-state index in [2.05, 4.69) is 10.5 Å². The van der Waals surface area contributed by atoms with E-state index in [-0.39, 0.29) is 11.7 Å². The predicted octanol–water partition coefficient (Wildman–Crippen LogP) is 2.03. The van der Waals surface area contributed by atoms with Crippen molar-refractivity contribution in [2.75, 3.05) is 18.5 Å². The summed E-state index contributed by atoms with van der Waals surface area (Å²) < 4.78 is 28.2. The van der Waals surface area contributed by atoms with Crippen LogP contribution in [-0.4, -0.2) is 33.7 Å². The topological polar surface area (TPSA) is 90.7 Å². The molecule has 8 heteroatoms. The molecule has 1 amide bonds. The van der Waals surface area contributed by atoms with Gasteiger partial charge < -0.3 is 19.3 Å². The first kappa shape index (κ1) is 16.5. The highest BCUT2D eigenvalue weighted by atomic mass is 32.2. The fourth-order valence-electron chi connectivity index (χ4n) is 2.24. The summed E-state index contributed by atoms with van der Waals surface area (Å²) in [5.41, 5.74) is 1.15. The Morgan fingerprint density at radius 3 is 2.75 bits per heavy atom. The van der Waals surface area contributed by atoms with Gasteiger partial charge in [0.05, 0.1) is 11.4 Å². The van der Waals surface area contributed by atoms with Crippen LogP contribution in [0.3, 0.4) is 0 Å². The van der Waals surface area contributed by atoms with Crippen LogP contribution >= 0.6 is 0 Å². The monoisotopic (exact) mass is 350 g/mol. The molecule has 1 aliphatic heterocycles. The summed E-state index contributed by atoms with van der Waals surface area (Å²) in [7, 11) is -1.40. The molecule has 2 atom stereocenters. The van der Waals surface area contributed by atoms with Gasteiger partial charge in [-0.1, -0.05) is 5.16 Å². The van der Waals surface area contributed by atoms with Crippen molar-refractivity contribution >= 4 is 22.4 Å². The number of carbonyl (C=O) groups excluding carboxylic acids is 1. The molecule has 0 unspecified atom stereocenters. The molecule has 128 valence electrons. The van der Waals surface area contributed by atoms with Gasteiger partial charge >= 0.3 is 0 Å². The largest absolute Gasteiger partial charge is 0.486 e. The predicted molar refractivity (Wildman–Crippen MR) is 88.6 cm³/mol. The average Bonchev–Trinajstić information content (AvgIpc) is 2.98. The van der Waals surface area contributed by atoms with Crippen LogP contribution in [0.2, 0.25) is 0 Å². The van der Waals surface area contributed by atoms with Gasteiger partial charge in [-0.15, -0.1) is 0 Å². The standard InChI is InChI=1S/C16H18N2O5S/c1-10-7-13(18-23-10)9-24(20)11(2)16(19)17-12-3-4-14-15(8-12)22-6-5-21-14/h3-4,7-8,11H,5-6,9H2,1-2H3,(H,17,19)/t11-,24+/m0/s1. The summed E-state index contributed by atoms with van der Waals surface area (Å²) in [6.07, 6.45) is 0. The lowest BCUT2D eigenvalue weighted by Gasteiger charge is -2.19. The Labute approximate surface area is 141 Å². The van der Waals surface area contributed by atoms with Gasteiger partial charge in [0.25, 0.3) is 0 Å². The number of aromatic nitrogens is 1. The molecule has 1 aromatic heterocycles. The van der Waals surface area contributed by atoms with E-state index < -0.39 is 16.0 Å². The maximum Gasteiger partial charge on any atom is 0.239 e. The van der Waals surface area contributed by atoms with Crippen molar-refractivity contribution < 1.29 is 23.0 Å². The first-order valence-corrected chi connectivity index (χ1v) is 8.91. The van der Waals surface area contributed by atoms with E-state index in [0.717, 1.165) is 0 Å². The molecule has 0 saturated carbocycles. The third kappa shape index (κ3) is 3.76. The smallest absolute Gasteiger partial charge is 0.239 e. The molecule has 0 fully saturated rings. The molecule has 2 heterocycles. The molecule has 0 spiro atoms. The number of rotatable bonds is 5. The van der Waals surface area contributed by atoms with Gasteiger partial charge in [0, 0.05) is 28.6 Å². The molecular formula is C16H18N2O5S. The highest BCUT2D eigenvalue weighted by Gasteiger charge is 2.22. The molecule has 1 N–H and O–H groups in total. The highest BCUT2D eigenvalue weighted by molar-refractivity contribution is 7.85. The Kier molecular flexibility index (Phi) is 4.84. The quantitative estimate of drug-likeness (QED) is 0.887. The zero-order valence-corrected chi connectivity index (χ0v) is 14.2. The summed E-state index contributed by atoms with van der Waals surface area (Å²) >= 11 is 0. The van der Waals surface area contributed by atoms with Crippen LogP contribution < -0.4 is 14.8 Å². The number of anilines is 1. The van der Waals surface area contributed by atoms with Crippen LogP contribution in [0.25, 0.3) is 0 Å². The molecule has 1 aliphatic rings. The van der Waals surface area contributed by atoms with Gasteiger partial charge in [0.2, 0.25) is 5.91 Å². The number of ether oxygens (including phenoxy) is 2. The molecule has 2 aromatic rings. The van der Waals surface area contributed by atoms with E-state index in [4.69, 9.17) is 14.0 Å². The minimum absolute atomic E-state index is 0.174. The number of nitrogens with zero attached hydrogens (tertiary/aromatic N) is 1. The number of fused-ring (bicyclic) bond motifs is 1. The molecule has 0 saturated heterocycles. The summed E-state index contributed by atoms with van der Waals surface area (Å²) in [6.45, 7) is 4.37.